The number of thiol groups is 1. The molecule has 7 aromatic rings. The van der Waals surface area contributed by atoms with E-state index in [9.17, 15) is 34.5 Å². The number of H-pyrrole nitrogens is 2. The largest absolute Gasteiger partial charge is 0.478 e. The number of carbonyl (C=O) groups is 4. The number of aromatic nitrogens is 4. The molecule has 2 aliphatic rings. The third-order valence-corrected chi connectivity index (χ3v) is 11.3. The maximum absolute atomic E-state index is 12.9. The average molecular weight is 865 g/mol. The minimum absolute atomic E-state index is 0.122. The topological polar surface area (TPSA) is 196 Å². The monoisotopic (exact) mass is 864 g/mol. The predicted octanol–water partition coefficient (Wildman–Crippen LogP) is 10.9. The second kappa shape index (κ2) is 17.2. The molecule has 2 aliphatic heterocycles. The van der Waals surface area contributed by atoms with Crippen molar-refractivity contribution in [2.45, 2.75) is 6.42 Å². The Morgan fingerprint density at radius 2 is 0.719 bits per heavy atom. The summed E-state index contributed by atoms with van der Waals surface area (Å²) in [5.41, 5.74) is 11.3. The fourth-order valence-corrected chi connectivity index (χ4v) is 7.97. The highest BCUT2D eigenvalue weighted by Gasteiger charge is 2.20. The van der Waals surface area contributed by atoms with Crippen LogP contribution in [0.5, 0.6) is 0 Å². The number of nitrogens with zero attached hydrogens (tertiary/aromatic N) is 2. The van der Waals surface area contributed by atoms with E-state index in [2.05, 4.69) is 22.6 Å². The Kier molecular flexibility index (Phi) is 11.1. The van der Waals surface area contributed by atoms with Crippen molar-refractivity contribution >= 4 is 82.9 Å². The van der Waals surface area contributed by atoms with Crippen molar-refractivity contribution in [2.24, 2.45) is 0 Å². The van der Waals surface area contributed by atoms with Crippen molar-refractivity contribution in [3.63, 3.8) is 0 Å². The van der Waals surface area contributed by atoms with Gasteiger partial charge in [-0.2, -0.15) is 12.6 Å². The van der Waals surface area contributed by atoms with Gasteiger partial charge in [-0.15, -0.1) is 0 Å². The third-order valence-electron chi connectivity index (χ3n) is 11.0. The molecule has 12 nitrogen and oxygen atoms in total. The van der Waals surface area contributed by atoms with Crippen LogP contribution in [0.15, 0.2) is 121 Å². The lowest BCUT2D eigenvalue weighted by Gasteiger charge is -2.08. The van der Waals surface area contributed by atoms with Crippen LogP contribution < -0.4 is 0 Å². The van der Waals surface area contributed by atoms with Gasteiger partial charge in [-0.05, 0) is 132 Å². The summed E-state index contributed by atoms with van der Waals surface area (Å²) >= 11 is 4.20. The number of carboxylic acid groups (broad SMARTS) is 3. The summed E-state index contributed by atoms with van der Waals surface area (Å²) in [6.07, 6.45) is 8.19. The first-order chi connectivity index (χ1) is 31.1. The molecule has 0 unspecified atom stereocenters. The van der Waals surface area contributed by atoms with E-state index in [4.69, 9.17) is 14.7 Å². The first-order valence-corrected chi connectivity index (χ1v) is 20.8. The number of carbonyl (C=O) groups excluding carboxylic acids is 1. The van der Waals surface area contributed by atoms with Gasteiger partial charge < -0.3 is 30.0 Å². The van der Waals surface area contributed by atoms with E-state index in [1.807, 2.05) is 60.7 Å². The molecule has 0 radical (unpaired) electrons. The Bertz CT molecular complexity index is 3200. The molecule has 0 saturated heterocycles. The molecule has 3 aromatic heterocycles. The molecule has 0 fully saturated rings. The van der Waals surface area contributed by atoms with Gasteiger partial charge in [0.2, 0.25) is 0 Å². The molecule has 5 heterocycles. The summed E-state index contributed by atoms with van der Waals surface area (Å²) in [4.78, 5) is 66.2. The maximum atomic E-state index is 12.9. The van der Waals surface area contributed by atoms with Gasteiger partial charge in [0, 0.05) is 44.3 Å². The molecule has 8 bridgehead atoms. The highest BCUT2D eigenvalue weighted by molar-refractivity contribution is 7.80. The number of benzene rings is 4. The highest BCUT2D eigenvalue weighted by Crippen LogP contribution is 2.39. The van der Waals surface area contributed by atoms with Gasteiger partial charge >= 0.3 is 23.9 Å². The van der Waals surface area contributed by atoms with Crippen LogP contribution in [-0.4, -0.2) is 71.5 Å². The van der Waals surface area contributed by atoms with Gasteiger partial charge in [-0.25, -0.2) is 29.1 Å². The molecule has 13 heteroatoms. The molecule has 0 amide bonds. The van der Waals surface area contributed by atoms with Gasteiger partial charge in [0.25, 0.3) is 0 Å². The van der Waals surface area contributed by atoms with E-state index < -0.39 is 23.9 Å². The molecule has 0 spiro atoms. The summed E-state index contributed by atoms with van der Waals surface area (Å²) < 4.78 is 5.43. The predicted molar refractivity (Wildman–Crippen MR) is 250 cm³/mol. The molecule has 5 N–H and O–H groups in total. The second-order valence-corrected chi connectivity index (χ2v) is 15.4. The number of esters is 1. The Morgan fingerprint density at radius 3 is 0.984 bits per heavy atom. The van der Waals surface area contributed by atoms with E-state index in [0.29, 0.717) is 102 Å². The molecule has 4 aromatic carbocycles. The SMILES string of the molecule is O=C(O)c1ccc(-c2c3nc(c(-c4ccc(C(=O)O)cc4)c4ccc([nH]4)c(-c4ccc(C(=O)OCCCS)cc4)c4nc(c(-c5ccc(C(=O)O)cc5)c5ccc2[nH]5)C=C4)C=C3)cc1. The maximum Gasteiger partial charge on any atom is 0.338 e. The highest BCUT2D eigenvalue weighted by atomic mass is 32.1. The fraction of sp³-hybridized carbons (Fsp3) is 0.0588. The zero-order chi connectivity index (χ0) is 44.5. The number of ether oxygens (including phenoxy) is 1. The smallest absolute Gasteiger partial charge is 0.338 e. The average Bonchev–Trinajstić information content (AvgIpc) is 4.16. The van der Waals surface area contributed by atoms with Gasteiger partial charge in [0.05, 0.1) is 51.6 Å². The molecule has 0 saturated carbocycles. The number of hydrogen-bond donors (Lipinski definition) is 6. The van der Waals surface area contributed by atoms with Crippen LogP contribution in [0.3, 0.4) is 0 Å². The molecular weight excluding hydrogens is 829 g/mol. The van der Waals surface area contributed by atoms with Crippen LogP contribution in [0.25, 0.3) is 90.9 Å². The number of aromatic amines is 2. The van der Waals surface area contributed by atoms with Crippen molar-refractivity contribution < 1.29 is 39.2 Å². The van der Waals surface area contributed by atoms with Crippen LogP contribution >= 0.6 is 12.6 Å². The number of fused-ring (bicyclic) bond motifs is 8. The lowest BCUT2D eigenvalue weighted by molar-refractivity contribution is 0.0505. The molecule has 314 valence electrons. The Morgan fingerprint density at radius 1 is 0.438 bits per heavy atom. The number of nitrogens with one attached hydrogen (secondary N) is 2. The number of carboxylic acids is 3. The lowest BCUT2D eigenvalue weighted by Crippen LogP contribution is -2.06. The van der Waals surface area contributed by atoms with Crippen molar-refractivity contribution in [2.75, 3.05) is 12.4 Å². The van der Waals surface area contributed by atoms with E-state index in [0.717, 1.165) is 5.56 Å². The quantitative estimate of drug-likeness (QED) is 0.0414. The summed E-state index contributed by atoms with van der Waals surface area (Å²) in [7, 11) is 0. The minimum Gasteiger partial charge on any atom is -0.478 e. The van der Waals surface area contributed by atoms with E-state index in [-0.39, 0.29) is 23.3 Å². The number of rotatable bonds is 11. The van der Waals surface area contributed by atoms with Crippen LogP contribution in [0.4, 0.5) is 0 Å². The van der Waals surface area contributed by atoms with Crippen molar-refractivity contribution in [1.82, 2.24) is 19.9 Å². The Labute approximate surface area is 370 Å². The van der Waals surface area contributed by atoms with E-state index in [1.54, 1.807) is 72.8 Å². The van der Waals surface area contributed by atoms with Crippen molar-refractivity contribution in [3.05, 3.63) is 166 Å². The van der Waals surface area contributed by atoms with E-state index in [1.165, 1.54) is 12.1 Å². The molecule has 0 aliphatic carbocycles. The third kappa shape index (κ3) is 7.98. The van der Waals surface area contributed by atoms with Gasteiger partial charge in [0.1, 0.15) is 0 Å². The summed E-state index contributed by atoms with van der Waals surface area (Å²) in [5, 5.41) is 29.2. The first kappa shape index (κ1) is 41.1. The van der Waals surface area contributed by atoms with Gasteiger partial charge in [-0.1, -0.05) is 48.5 Å². The van der Waals surface area contributed by atoms with Gasteiger partial charge in [0.15, 0.2) is 0 Å². The van der Waals surface area contributed by atoms with Crippen LogP contribution in [0.1, 0.15) is 70.6 Å². The molecule has 9 rings (SSSR count). The standard InChI is InChI=1S/C51H36N4O8S/c56-48(57)32-10-2-28(3-11-32)44-36-18-20-38(52-36)45(29-4-12-33(13-5-29)49(58)59)40-22-24-42(54-40)47(31-8-16-35(17-9-31)51(62)63-26-1-27-64)43-25-23-41(55-43)46(39-21-19-37(44)53-39)30-6-14-34(15-7-30)50(60)61/h2-25,52,55,64H,1,26-27H2,(H,56,57)(H,58,59)(H,60,61). The number of hydrogen-bond acceptors (Lipinski definition) is 8. The zero-order valence-corrected chi connectivity index (χ0v) is 34.6. The Hall–Kier alpha value is -8.29. The van der Waals surface area contributed by atoms with Crippen LogP contribution in [0, 0.1) is 0 Å². The first-order valence-electron chi connectivity index (χ1n) is 20.1. The molecule has 0 atom stereocenters. The normalized spacial score (nSPS) is 11.7. The molecular formula is C51H36N4O8S. The summed E-state index contributed by atoms with van der Waals surface area (Å²) in [6.45, 7) is 0.254. The van der Waals surface area contributed by atoms with Crippen LogP contribution in [0.2, 0.25) is 0 Å². The Balaban J connectivity index is 1.38. The lowest BCUT2D eigenvalue weighted by atomic mass is 10.0. The van der Waals surface area contributed by atoms with Crippen LogP contribution in [-0.2, 0) is 4.74 Å². The number of aromatic carboxylic acids is 3. The second-order valence-electron chi connectivity index (χ2n) is 14.9. The molecule has 64 heavy (non-hydrogen) atoms. The zero-order valence-electron chi connectivity index (χ0n) is 33.7. The van der Waals surface area contributed by atoms with Gasteiger partial charge in [-0.3, -0.25) is 0 Å². The summed E-state index contributed by atoms with van der Waals surface area (Å²) in [5.74, 6) is -3.03. The minimum atomic E-state index is -1.06. The van der Waals surface area contributed by atoms with E-state index >= 15 is 0 Å². The fourth-order valence-electron chi connectivity index (χ4n) is 7.84. The van der Waals surface area contributed by atoms with Crippen molar-refractivity contribution in [1.29, 1.82) is 0 Å². The van der Waals surface area contributed by atoms with Crippen molar-refractivity contribution in [3.8, 4) is 44.5 Å². The summed E-state index contributed by atoms with van der Waals surface area (Å²) in [6, 6.07) is 34.4.